The molecule has 1 saturated heterocycles. The third kappa shape index (κ3) is 2.41. The third-order valence-electron chi connectivity index (χ3n) is 3.55. The number of hydrogen-bond acceptors (Lipinski definition) is 4. The van der Waals surface area contributed by atoms with Gasteiger partial charge in [0.2, 0.25) is 0 Å². The standard InChI is InChI=1S/C15H19N3O2/c1-10(2)14-17-12-4-3-11(9-13(12)20-14)15(19)18-7-5-16-6-8-18/h3-4,9-10,16H,5-8H2,1-2H3. The van der Waals surface area contributed by atoms with Gasteiger partial charge in [-0.3, -0.25) is 4.79 Å². The van der Waals surface area contributed by atoms with Gasteiger partial charge in [-0.15, -0.1) is 0 Å². The summed E-state index contributed by atoms with van der Waals surface area (Å²) < 4.78 is 5.71. The number of amides is 1. The quantitative estimate of drug-likeness (QED) is 0.909. The Balaban J connectivity index is 1.89. The number of aromatic nitrogens is 1. The van der Waals surface area contributed by atoms with Gasteiger partial charge >= 0.3 is 0 Å². The fraction of sp³-hybridized carbons (Fsp3) is 0.467. The smallest absolute Gasteiger partial charge is 0.254 e. The molecule has 0 spiro atoms. The second-order valence-corrected chi connectivity index (χ2v) is 5.43. The van der Waals surface area contributed by atoms with Crippen LogP contribution in [0.2, 0.25) is 0 Å². The first-order chi connectivity index (χ1) is 9.65. The van der Waals surface area contributed by atoms with Crippen LogP contribution in [0.15, 0.2) is 22.6 Å². The van der Waals surface area contributed by atoms with Crippen molar-refractivity contribution in [2.75, 3.05) is 26.2 Å². The fourth-order valence-corrected chi connectivity index (χ4v) is 2.37. The van der Waals surface area contributed by atoms with E-state index in [0.717, 1.165) is 31.7 Å². The largest absolute Gasteiger partial charge is 0.440 e. The van der Waals surface area contributed by atoms with Gasteiger partial charge in [0.25, 0.3) is 5.91 Å². The summed E-state index contributed by atoms with van der Waals surface area (Å²) in [5.74, 6) is 1.03. The Bertz CT molecular complexity index is 627. The van der Waals surface area contributed by atoms with Gasteiger partial charge in [-0.2, -0.15) is 0 Å². The summed E-state index contributed by atoms with van der Waals surface area (Å²) >= 11 is 0. The molecule has 0 bridgehead atoms. The summed E-state index contributed by atoms with van der Waals surface area (Å²) in [5, 5.41) is 3.24. The number of rotatable bonds is 2. The van der Waals surface area contributed by atoms with Crippen LogP contribution in [0.25, 0.3) is 11.1 Å². The zero-order chi connectivity index (χ0) is 14.1. The molecule has 0 saturated carbocycles. The Morgan fingerprint density at radius 1 is 1.35 bits per heavy atom. The predicted octanol–water partition coefficient (Wildman–Crippen LogP) is 2.00. The lowest BCUT2D eigenvalue weighted by Gasteiger charge is -2.27. The van der Waals surface area contributed by atoms with Crippen molar-refractivity contribution in [1.82, 2.24) is 15.2 Å². The minimum Gasteiger partial charge on any atom is -0.440 e. The molecule has 5 nitrogen and oxygen atoms in total. The lowest BCUT2D eigenvalue weighted by molar-refractivity contribution is 0.0736. The maximum Gasteiger partial charge on any atom is 0.254 e. The number of nitrogens with zero attached hydrogens (tertiary/aromatic N) is 2. The second-order valence-electron chi connectivity index (χ2n) is 5.43. The molecule has 106 valence electrons. The zero-order valence-corrected chi connectivity index (χ0v) is 11.8. The Morgan fingerprint density at radius 3 is 2.80 bits per heavy atom. The van der Waals surface area contributed by atoms with Gasteiger partial charge in [0, 0.05) is 37.7 Å². The van der Waals surface area contributed by atoms with Crippen LogP contribution < -0.4 is 5.32 Å². The zero-order valence-electron chi connectivity index (χ0n) is 11.8. The summed E-state index contributed by atoms with van der Waals surface area (Å²) in [5.41, 5.74) is 2.17. The number of carbonyl (C=O) groups excluding carboxylic acids is 1. The van der Waals surface area contributed by atoms with E-state index in [9.17, 15) is 4.79 Å². The molecule has 0 atom stereocenters. The molecule has 1 amide bonds. The van der Waals surface area contributed by atoms with Gasteiger partial charge in [0.1, 0.15) is 5.52 Å². The molecule has 1 aliphatic heterocycles. The van der Waals surface area contributed by atoms with Crippen molar-refractivity contribution >= 4 is 17.0 Å². The molecular weight excluding hydrogens is 254 g/mol. The van der Waals surface area contributed by atoms with E-state index in [0.29, 0.717) is 17.0 Å². The van der Waals surface area contributed by atoms with Crippen molar-refractivity contribution in [3.05, 3.63) is 29.7 Å². The monoisotopic (exact) mass is 273 g/mol. The van der Waals surface area contributed by atoms with E-state index in [-0.39, 0.29) is 11.8 Å². The van der Waals surface area contributed by atoms with Crippen LogP contribution in [-0.2, 0) is 0 Å². The van der Waals surface area contributed by atoms with E-state index >= 15 is 0 Å². The summed E-state index contributed by atoms with van der Waals surface area (Å²) in [7, 11) is 0. The summed E-state index contributed by atoms with van der Waals surface area (Å²) in [6.45, 7) is 7.30. The van der Waals surface area contributed by atoms with Crippen molar-refractivity contribution in [3.8, 4) is 0 Å². The minimum absolute atomic E-state index is 0.0656. The lowest BCUT2D eigenvalue weighted by atomic mass is 10.1. The molecular formula is C15H19N3O2. The van der Waals surface area contributed by atoms with Gasteiger partial charge in [-0.1, -0.05) is 13.8 Å². The van der Waals surface area contributed by atoms with Crippen LogP contribution in [0.3, 0.4) is 0 Å². The summed E-state index contributed by atoms with van der Waals surface area (Å²) in [6.07, 6.45) is 0. The Hall–Kier alpha value is -1.88. The highest BCUT2D eigenvalue weighted by Crippen LogP contribution is 2.22. The van der Waals surface area contributed by atoms with Gasteiger partial charge < -0.3 is 14.6 Å². The molecule has 2 heterocycles. The van der Waals surface area contributed by atoms with Crippen LogP contribution >= 0.6 is 0 Å². The van der Waals surface area contributed by atoms with Crippen molar-refractivity contribution in [2.45, 2.75) is 19.8 Å². The van der Waals surface area contributed by atoms with Crippen molar-refractivity contribution < 1.29 is 9.21 Å². The molecule has 1 aliphatic rings. The highest BCUT2D eigenvalue weighted by Gasteiger charge is 2.19. The third-order valence-corrected chi connectivity index (χ3v) is 3.55. The van der Waals surface area contributed by atoms with E-state index in [1.54, 1.807) is 6.07 Å². The van der Waals surface area contributed by atoms with Crippen LogP contribution in [0.4, 0.5) is 0 Å². The van der Waals surface area contributed by atoms with Crippen LogP contribution in [0.1, 0.15) is 36.0 Å². The average molecular weight is 273 g/mol. The molecule has 0 unspecified atom stereocenters. The molecule has 1 fully saturated rings. The van der Waals surface area contributed by atoms with E-state index in [2.05, 4.69) is 10.3 Å². The van der Waals surface area contributed by atoms with Crippen molar-refractivity contribution in [3.63, 3.8) is 0 Å². The summed E-state index contributed by atoms with van der Waals surface area (Å²) in [4.78, 5) is 18.7. The topological polar surface area (TPSA) is 58.4 Å². The molecule has 3 rings (SSSR count). The number of hydrogen-bond donors (Lipinski definition) is 1. The number of nitrogens with one attached hydrogen (secondary N) is 1. The maximum absolute atomic E-state index is 12.4. The van der Waals surface area contributed by atoms with Crippen molar-refractivity contribution in [1.29, 1.82) is 0 Å². The van der Waals surface area contributed by atoms with E-state index in [1.165, 1.54) is 0 Å². The molecule has 0 aliphatic carbocycles. The number of benzene rings is 1. The number of fused-ring (bicyclic) bond motifs is 1. The first-order valence-corrected chi connectivity index (χ1v) is 7.05. The van der Waals surface area contributed by atoms with Gasteiger partial charge in [0.15, 0.2) is 11.5 Å². The van der Waals surface area contributed by atoms with Crippen LogP contribution in [-0.4, -0.2) is 42.0 Å². The molecule has 1 aromatic carbocycles. The molecule has 5 heteroatoms. The lowest BCUT2D eigenvalue weighted by Crippen LogP contribution is -2.46. The first kappa shape index (κ1) is 13.1. The Morgan fingerprint density at radius 2 is 2.10 bits per heavy atom. The van der Waals surface area contributed by atoms with E-state index < -0.39 is 0 Å². The maximum atomic E-state index is 12.4. The SMILES string of the molecule is CC(C)c1nc2ccc(C(=O)N3CCNCC3)cc2o1. The number of carbonyl (C=O) groups is 1. The van der Waals surface area contributed by atoms with Gasteiger partial charge in [-0.25, -0.2) is 4.98 Å². The predicted molar refractivity (Wildman–Crippen MR) is 76.9 cm³/mol. The normalized spacial score (nSPS) is 16.1. The molecule has 1 aromatic heterocycles. The summed E-state index contributed by atoms with van der Waals surface area (Å²) in [6, 6.07) is 5.50. The van der Waals surface area contributed by atoms with Crippen LogP contribution in [0.5, 0.6) is 0 Å². The minimum atomic E-state index is 0.0656. The highest BCUT2D eigenvalue weighted by molar-refractivity contribution is 5.97. The molecule has 1 N–H and O–H groups in total. The number of piperazine rings is 1. The van der Waals surface area contributed by atoms with E-state index in [1.807, 2.05) is 30.9 Å². The molecule has 2 aromatic rings. The van der Waals surface area contributed by atoms with Crippen LogP contribution in [0, 0.1) is 0 Å². The number of oxazole rings is 1. The first-order valence-electron chi connectivity index (χ1n) is 7.05. The van der Waals surface area contributed by atoms with Crippen molar-refractivity contribution in [2.24, 2.45) is 0 Å². The molecule has 0 radical (unpaired) electrons. The van der Waals surface area contributed by atoms with E-state index in [4.69, 9.17) is 4.42 Å². The average Bonchev–Trinajstić information content (AvgIpc) is 2.90. The highest BCUT2D eigenvalue weighted by atomic mass is 16.3. The van der Waals surface area contributed by atoms with Gasteiger partial charge in [0.05, 0.1) is 0 Å². The second kappa shape index (κ2) is 5.25. The Labute approximate surface area is 118 Å². The molecule has 20 heavy (non-hydrogen) atoms. The van der Waals surface area contributed by atoms with Gasteiger partial charge in [-0.05, 0) is 18.2 Å². The fourth-order valence-electron chi connectivity index (χ4n) is 2.37. The Kier molecular flexibility index (Phi) is 3.44.